The largest absolute Gasteiger partial charge is 0.481 e. The van der Waals surface area contributed by atoms with Gasteiger partial charge in [-0.25, -0.2) is 0 Å². The summed E-state index contributed by atoms with van der Waals surface area (Å²) in [6, 6.07) is 10.3. The number of hydrogen-bond acceptors (Lipinski definition) is 3. The number of β-amino-alcohol motifs (C(OH)–C–C–N with tert-alkyl or cyclic N) is 1. The number of aliphatic carboxylic acids is 1. The van der Waals surface area contributed by atoms with Crippen LogP contribution in [0.5, 0.6) is 0 Å². The second kappa shape index (κ2) is 5.72. The average Bonchev–Trinajstić information content (AvgIpc) is 2.37. The first-order valence-electron chi connectivity index (χ1n) is 6.73. The van der Waals surface area contributed by atoms with Crippen molar-refractivity contribution in [3.8, 4) is 0 Å². The second-order valence-corrected chi connectivity index (χ2v) is 5.46. The van der Waals surface area contributed by atoms with Crippen molar-refractivity contribution in [1.82, 2.24) is 4.90 Å². The Kier molecular flexibility index (Phi) is 4.22. The summed E-state index contributed by atoms with van der Waals surface area (Å²) in [7, 11) is 0. The summed E-state index contributed by atoms with van der Waals surface area (Å²) < 4.78 is 0. The summed E-state index contributed by atoms with van der Waals surface area (Å²) in [5.41, 5.74) is 0.106. The maximum atomic E-state index is 10.8. The molecule has 1 saturated heterocycles. The lowest BCUT2D eigenvalue weighted by molar-refractivity contribution is -0.145. The highest BCUT2D eigenvalue weighted by Gasteiger charge is 2.36. The standard InChI is InChI=1S/C15H21NO3/c1-12(13-6-3-2-4-7-13)16-9-5-8-15(19,11-16)10-14(17)18/h2-4,6-7,12,19H,5,8-11H2,1H3,(H,17,18). The van der Waals surface area contributed by atoms with E-state index in [2.05, 4.69) is 24.0 Å². The number of aliphatic hydroxyl groups is 1. The summed E-state index contributed by atoms with van der Waals surface area (Å²) in [6.07, 6.45) is 1.23. The smallest absolute Gasteiger partial charge is 0.306 e. The zero-order chi connectivity index (χ0) is 13.9. The van der Waals surface area contributed by atoms with Crippen molar-refractivity contribution in [2.75, 3.05) is 13.1 Å². The molecule has 1 aliphatic heterocycles. The van der Waals surface area contributed by atoms with Crippen LogP contribution < -0.4 is 0 Å². The molecule has 1 heterocycles. The van der Waals surface area contributed by atoms with Crippen LogP contribution in [0.4, 0.5) is 0 Å². The van der Waals surface area contributed by atoms with Gasteiger partial charge in [-0.1, -0.05) is 30.3 Å². The van der Waals surface area contributed by atoms with Crippen molar-refractivity contribution >= 4 is 5.97 Å². The van der Waals surface area contributed by atoms with E-state index in [1.165, 1.54) is 5.56 Å². The minimum atomic E-state index is -1.09. The number of benzene rings is 1. The van der Waals surface area contributed by atoms with E-state index in [9.17, 15) is 9.90 Å². The molecule has 0 bridgehead atoms. The Hall–Kier alpha value is -1.39. The molecular formula is C15H21NO3. The van der Waals surface area contributed by atoms with Gasteiger partial charge in [-0.15, -0.1) is 0 Å². The number of piperidine rings is 1. The number of carbonyl (C=O) groups is 1. The highest BCUT2D eigenvalue weighted by molar-refractivity contribution is 5.68. The van der Waals surface area contributed by atoms with Gasteiger partial charge in [-0.3, -0.25) is 9.69 Å². The van der Waals surface area contributed by atoms with Crippen LogP contribution in [-0.2, 0) is 4.79 Å². The summed E-state index contributed by atoms with van der Waals surface area (Å²) in [4.78, 5) is 13.0. The number of rotatable bonds is 4. The Morgan fingerprint density at radius 1 is 1.42 bits per heavy atom. The summed E-state index contributed by atoms with van der Waals surface area (Å²) >= 11 is 0. The zero-order valence-electron chi connectivity index (χ0n) is 11.2. The van der Waals surface area contributed by atoms with Gasteiger partial charge in [0.2, 0.25) is 0 Å². The van der Waals surface area contributed by atoms with E-state index in [0.717, 1.165) is 13.0 Å². The van der Waals surface area contributed by atoms with Gasteiger partial charge in [0.05, 0.1) is 12.0 Å². The van der Waals surface area contributed by atoms with Gasteiger partial charge in [-0.05, 0) is 31.9 Å². The molecule has 4 heteroatoms. The number of hydrogen-bond donors (Lipinski definition) is 2. The van der Waals surface area contributed by atoms with E-state index >= 15 is 0 Å². The van der Waals surface area contributed by atoms with Crippen molar-refractivity contribution < 1.29 is 15.0 Å². The van der Waals surface area contributed by atoms with Crippen molar-refractivity contribution in [2.45, 2.75) is 37.8 Å². The summed E-state index contributed by atoms with van der Waals surface area (Å²) in [6.45, 7) is 3.43. The Morgan fingerprint density at radius 2 is 2.11 bits per heavy atom. The molecular weight excluding hydrogens is 242 g/mol. The van der Waals surface area contributed by atoms with Crippen LogP contribution in [-0.4, -0.2) is 39.8 Å². The van der Waals surface area contributed by atoms with Crippen LogP contribution in [0, 0.1) is 0 Å². The van der Waals surface area contributed by atoms with Crippen molar-refractivity contribution in [3.05, 3.63) is 35.9 Å². The van der Waals surface area contributed by atoms with Gasteiger partial charge < -0.3 is 10.2 Å². The normalized spacial score (nSPS) is 26.0. The number of carboxylic acids is 1. The third-order valence-corrected chi connectivity index (χ3v) is 3.89. The Morgan fingerprint density at radius 3 is 2.74 bits per heavy atom. The molecule has 1 aromatic carbocycles. The van der Waals surface area contributed by atoms with E-state index in [0.29, 0.717) is 13.0 Å². The first-order chi connectivity index (χ1) is 9.00. The molecule has 1 aliphatic rings. The molecule has 0 radical (unpaired) electrons. The highest BCUT2D eigenvalue weighted by Crippen LogP contribution is 2.30. The Labute approximate surface area is 113 Å². The quantitative estimate of drug-likeness (QED) is 0.873. The molecule has 0 spiro atoms. The van der Waals surface area contributed by atoms with E-state index in [1.807, 2.05) is 18.2 Å². The Bertz CT molecular complexity index is 434. The molecule has 2 rings (SSSR count). The fourth-order valence-electron chi connectivity index (χ4n) is 2.85. The van der Waals surface area contributed by atoms with Crippen LogP contribution in [0.2, 0.25) is 0 Å². The van der Waals surface area contributed by atoms with Crippen LogP contribution >= 0.6 is 0 Å². The molecule has 19 heavy (non-hydrogen) atoms. The molecule has 104 valence electrons. The minimum absolute atomic E-state index is 0.176. The highest BCUT2D eigenvalue weighted by atomic mass is 16.4. The van der Waals surface area contributed by atoms with Gasteiger partial charge in [0.25, 0.3) is 0 Å². The minimum Gasteiger partial charge on any atom is -0.481 e. The molecule has 2 unspecified atom stereocenters. The third kappa shape index (κ3) is 3.55. The number of nitrogens with zero attached hydrogens (tertiary/aromatic N) is 1. The SMILES string of the molecule is CC(c1ccccc1)N1CCCC(O)(CC(=O)O)C1. The lowest BCUT2D eigenvalue weighted by Gasteiger charge is -2.41. The molecule has 1 fully saturated rings. The van der Waals surface area contributed by atoms with Crippen LogP contribution in [0.3, 0.4) is 0 Å². The number of carboxylic acid groups (broad SMARTS) is 1. The van der Waals surface area contributed by atoms with Gasteiger partial charge >= 0.3 is 5.97 Å². The third-order valence-electron chi connectivity index (χ3n) is 3.89. The fourth-order valence-corrected chi connectivity index (χ4v) is 2.85. The fraction of sp³-hybridized carbons (Fsp3) is 0.533. The van der Waals surface area contributed by atoms with Crippen LogP contribution in [0.15, 0.2) is 30.3 Å². The maximum absolute atomic E-state index is 10.8. The molecule has 0 amide bonds. The van der Waals surface area contributed by atoms with E-state index in [4.69, 9.17) is 5.11 Å². The molecule has 2 N–H and O–H groups in total. The first kappa shape index (κ1) is 14.0. The van der Waals surface area contributed by atoms with Crippen LogP contribution in [0.25, 0.3) is 0 Å². The summed E-state index contributed by atoms with van der Waals surface area (Å²) in [5.74, 6) is -0.934. The van der Waals surface area contributed by atoms with Gasteiger partial charge in [0.1, 0.15) is 0 Å². The van der Waals surface area contributed by atoms with Gasteiger partial charge in [0.15, 0.2) is 0 Å². The predicted octanol–water partition coefficient (Wildman–Crippen LogP) is 2.05. The monoisotopic (exact) mass is 263 g/mol. The Balaban J connectivity index is 2.07. The molecule has 2 atom stereocenters. The summed E-state index contributed by atoms with van der Waals surface area (Å²) in [5, 5.41) is 19.3. The molecule has 4 nitrogen and oxygen atoms in total. The molecule has 0 aliphatic carbocycles. The molecule has 0 saturated carbocycles. The lowest BCUT2D eigenvalue weighted by Crippen LogP contribution is -2.49. The van der Waals surface area contributed by atoms with Crippen molar-refractivity contribution in [3.63, 3.8) is 0 Å². The van der Waals surface area contributed by atoms with Crippen molar-refractivity contribution in [1.29, 1.82) is 0 Å². The first-order valence-corrected chi connectivity index (χ1v) is 6.73. The van der Waals surface area contributed by atoms with E-state index in [1.54, 1.807) is 0 Å². The second-order valence-electron chi connectivity index (χ2n) is 5.46. The predicted molar refractivity (Wildman–Crippen MR) is 72.9 cm³/mol. The van der Waals surface area contributed by atoms with E-state index in [-0.39, 0.29) is 12.5 Å². The van der Waals surface area contributed by atoms with Crippen LogP contribution in [0.1, 0.15) is 37.8 Å². The van der Waals surface area contributed by atoms with Gasteiger partial charge in [-0.2, -0.15) is 0 Å². The molecule has 1 aromatic rings. The van der Waals surface area contributed by atoms with E-state index < -0.39 is 11.6 Å². The molecule has 0 aromatic heterocycles. The average molecular weight is 263 g/mol. The van der Waals surface area contributed by atoms with Crippen molar-refractivity contribution in [2.24, 2.45) is 0 Å². The number of likely N-dealkylation sites (tertiary alicyclic amines) is 1. The lowest BCUT2D eigenvalue weighted by atomic mass is 9.88. The maximum Gasteiger partial charge on any atom is 0.306 e. The van der Waals surface area contributed by atoms with Gasteiger partial charge in [0, 0.05) is 12.6 Å². The zero-order valence-corrected chi connectivity index (χ0v) is 11.2. The topological polar surface area (TPSA) is 60.8 Å².